The number of rotatable bonds is 10. The van der Waals surface area contributed by atoms with Gasteiger partial charge in [0.1, 0.15) is 17.9 Å². The number of carbonyl (C=O) groups excluding carboxylic acids is 3. The minimum atomic E-state index is -0.853. The van der Waals surface area contributed by atoms with E-state index in [1.54, 1.807) is 17.4 Å². The standard InChI is InChI=1S/C56H68ClN7O5S/c1-33(36-16-18-38(19-17-36)48-34(2)58-32-70-48)59-51(67)46-29-41(65)31-63(46)53(69)49(55(3,4)5)60-50(66)39-14-12-35(13-15-39)30-62-26-22-37(23-27-62)40-20-21-44-42(28-40)56(24-7-6-8-25-56)54-61-52(68)47-43(57)10-9-11-45(47)64(44)54/h9-11,16-21,28,32-33,35,37,39,41,46,49,65H,6-8,12-15,22-27,29-31H2,1-5H3,(H,59,67)(H,60,66)/t33-,35?,39?,41+,46-,49+/m0/s1. The first-order valence-corrected chi connectivity index (χ1v) is 27.0. The Kier molecular flexibility index (Phi) is 13.6. The fourth-order valence-electron chi connectivity index (χ4n) is 12.6. The van der Waals surface area contributed by atoms with Gasteiger partial charge in [-0.25, -0.2) is 4.98 Å². The molecule has 2 aliphatic carbocycles. The van der Waals surface area contributed by atoms with Gasteiger partial charge in [-0.05, 0) is 136 Å². The summed E-state index contributed by atoms with van der Waals surface area (Å²) >= 11 is 8.19. The van der Waals surface area contributed by atoms with Gasteiger partial charge in [0.15, 0.2) is 0 Å². The zero-order valence-corrected chi connectivity index (χ0v) is 42.9. The second kappa shape index (κ2) is 19.6. The summed E-state index contributed by atoms with van der Waals surface area (Å²) in [6.07, 6.45) is 10.4. The quantitative estimate of drug-likeness (QED) is 0.125. The molecule has 4 fully saturated rings. The summed E-state index contributed by atoms with van der Waals surface area (Å²) in [5, 5.41) is 18.0. The maximum absolute atomic E-state index is 14.4. The van der Waals surface area contributed by atoms with Crippen molar-refractivity contribution in [3.8, 4) is 16.1 Å². The van der Waals surface area contributed by atoms with Gasteiger partial charge < -0.3 is 25.5 Å². The lowest BCUT2D eigenvalue weighted by Crippen LogP contribution is -2.58. The van der Waals surface area contributed by atoms with Crippen molar-refractivity contribution in [2.24, 2.45) is 17.3 Å². The third-order valence-corrected chi connectivity index (χ3v) is 17.9. The normalized spacial score (nSPS) is 23.5. The highest BCUT2D eigenvalue weighted by Gasteiger charge is 2.48. The Bertz CT molecular complexity index is 2830. The maximum atomic E-state index is 14.4. The number of aliphatic hydroxyl groups is 1. The van der Waals surface area contributed by atoms with Gasteiger partial charge in [0.2, 0.25) is 17.7 Å². The number of carbonyl (C=O) groups is 3. The molecule has 370 valence electrons. The molecular formula is C56H68ClN7O5S. The monoisotopic (exact) mass is 985 g/mol. The number of aliphatic hydroxyl groups excluding tert-OH is 1. The first-order valence-electron chi connectivity index (χ1n) is 25.8. The Morgan fingerprint density at radius 1 is 0.929 bits per heavy atom. The summed E-state index contributed by atoms with van der Waals surface area (Å²) in [4.78, 5) is 70.1. The topological polar surface area (TPSA) is 150 Å². The van der Waals surface area contributed by atoms with Crippen molar-refractivity contribution in [3.63, 3.8) is 0 Å². The Balaban J connectivity index is 0.729. The number of fused-ring (bicyclic) bond motifs is 7. The van der Waals surface area contributed by atoms with Gasteiger partial charge >= 0.3 is 0 Å². The summed E-state index contributed by atoms with van der Waals surface area (Å²) in [5.41, 5.74) is 8.38. The van der Waals surface area contributed by atoms with E-state index in [0.29, 0.717) is 22.2 Å². The van der Waals surface area contributed by atoms with E-state index in [0.717, 1.165) is 123 Å². The minimum absolute atomic E-state index is 0.0383. The molecule has 2 aromatic heterocycles. The molecule has 10 rings (SSSR count). The molecule has 5 heterocycles. The summed E-state index contributed by atoms with van der Waals surface area (Å²) < 4.78 is 2.23. The van der Waals surface area contributed by atoms with Crippen LogP contribution in [0.4, 0.5) is 0 Å². The van der Waals surface area contributed by atoms with E-state index < -0.39 is 23.6 Å². The molecule has 0 radical (unpaired) electrons. The second-order valence-electron chi connectivity index (χ2n) is 22.2. The van der Waals surface area contributed by atoms with Gasteiger partial charge in [-0.15, -0.1) is 11.3 Å². The number of piperidine rings is 1. The lowest BCUT2D eigenvalue weighted by molar-refractivity contribution is -0.145. The van der Waals surface area contributed by atoms with Gasteiger partial charge in [-0.1, -0.05) is 94.1 Å². The highest BCUT2D eigenvalue weighted by molar-refractivity contribution is 7.13. The molecule has 0 unspecified atom stereocenters. The molecule has 70 heavy (non-hydrogen) atoms. The number of amides is 3. The first kappa shape index (κ1) is 48.7. The number of halogens is 1. The Labute approximate surface area is 420 Å². The van der Waals surface area contributed by atoms with Gasteiger partial charge in [0.25, 0.3) is 5.56 Å². The predicted molar refractivity (Wildman–Crippen MR) is 276 cm³/mol. The van der Waals surface area contributed by atoms with E-state index in [1.807, 2.05) is 76.5 Å². The molecule has 2 saturated carbocycles. The average molecular weight is 987 g/mol. The lowest BCUT2D eigenvalue weighted by atomic mass is 9.69. The zero-order chi connectivity index (χ0) is 49.1. The number of thiazole rings is 1. The summed E-state index contributed by atoms with van der Waals surface area (Å²) in [5.74, 6) is 0.913. The molecule has 3 N–H and O–H groups in total. The number of β-amino-alcohol motifs (C(OH)–C–C–N with tert-alkyl or cyclic N) is 1. The Hall–Kier alpha value is -4.95. The zero-order valence-electron chi connectivity index (χ0n) is 41.3. The maximum Gasteiger partial charge on any atom is 0.282 e. The second-order valence-corrected chi connectivity index (χ2v) is 23.5. The van der Waals surface area contributed by atoms with Gasteiger partial charge in [0.05, 0.1) is 55.3 Å². The van der Waals surface area contributed by atoms with Crippen LogP contribution in [-0.2, 0) is 19.8 Å². The first-order chi connectivity index (χ1) is 33.6. The van der Waals surface area contributed by atoms with Crippen LogP contribution >= 0.6 is 22.9 Å². The molecule has 12 nitrogen and oxygen atoms in total. The molecule has 14 heteroatoms. The predicted octanol–water partition coefficient (Wildman–Crippen LogP) is 9.39. The third kappa shape index (κ3) is 9.24. The van der Waals surface area contributed by atoms with Crippen molar-refractivity contribution in [3.05, 3.63) is 110 Å². The molecular weight excluding hydrogens is 918 g/mol. The molecule has 0 bridgehead atoms. The molecule has 1 spiro atoms. The van der Waals surface area contributed by atoms with Crippen LogP contribution in [0.3, 0.4) is 0 Å². The van der Waals surface area contributed by atoms with Crippen molar-refractivity contribution < 1.29 is 19.5 Å². The van der Waals surface area contributed by atoms with E-state index >= 15 is 0 Å². The molecule has 4 atom stereocenters. The number of hydrogen-bond donors (Lipinski definition) is 3. The lowest BCUT2D eigenvalue weighted by Gasteiger charge is -2.38. The van der Waals surface area contributed by atoms with Crippen LogP contribution < -0.4 is 16.2 Å². The molecule has 5 aromatic rings. The number of nitrogens with one attached hydrogen (secondary N) is 2. The summed E-state index contributed by atoms with van der Waals surface area (Å²) in [6, 6.07) is 18.8. The van der Waals surface area contributed by atoms with Crippen LogP contribution in [0.15, 0.2) is 71.0 Å². The number of aryl methyl sites for hydroxylation is 1. The largest absolute Gasteiger partial charge is 0.391 e. The highest BCUT2D eigenvalue weighted by Crippen LogP contribution is 2.52. The van der Waals surface area contributed by atoms with E-state index in [-0.39, 0.29) is 53.6 Å². The van der Waals surface area contributed by atoms with Crippen molar-refractivity contribution >= 4 is 51.6 Å². The number of hydrogen-bond acceptors (Lipinski definition) is 9. The van der Waals surface area contributed by atoms with E-state index in [2.05, 4.69) is 43.3 Å². The molecule has 2 saturated heterocycles. The number of likely N-dealkylation sites (tertiary alicyclic amines) is 2. The van der Waals surface area contributed by atoms with Gasteiger partial charge in [-0.3, -0.25) is 23.7 Å². The van der Waals surface area contributed by atoms with Crippen LogP contribution in [-0.4, -0.2) is 91.5 Å². The fraction of sp³-hybridized carbons (Fsp3) is 0.536. The van der Waals surface area contributed by atoms with Crippen molar-refractivity contribution in [2.75, 3.05) is 26.2 Å². The summed E-state index contributed by atoms with van der Waals surface area (Å²) in [6.45, 7) is 12.9. The highest BCUT2D eigenvalue weighted by atomic mass is 35.5. The fourth-order valence-corrected chi connectivity index (χ4v) is 13.7. The Morgan fingerprint density at radius 2 is 1.66 bits per heavy atom. The molecule has 3 amide bonds. The van der Waals surface area contributed by atoms with E-state index in [4.69, 9.17) is 16.6 Å². The van der Waals surface area contributed by atoms with Crippen LogP contribution in [0.5, 0.6) is 0 Å². The Morgan fingerprint density at radius 3 is 2.34 bits per heavy atom. The smallest absolute Gasteiger partial charge is 0.282 e. The van der Waals surface area contributed by atoms with E-state index in [9.17, 15) is 24.3 Å². The van der Waals surface area contributed by atoms with Gasteiger partial charge in [-0.2, -0.15) is 4.98 Å². The summed E-state index contributed by atoms with van der Waals surface area (Å²) in [7, 11) is 0. The molecule has 3 aromatic carbocycles. The SMILES string of the molecule is Cc1ncsc1-c1ccc([C@H](C)NC(=O)[C@@H]2C[C@@H](O)CN2C(=O)[C@@H](NC(=O)C2CCC(CN3CCC(c4ccc5c(c4)C4(CCCCC4)c4nc(=O)c6c(Cl)cccc6n4-5)CC3)CC2)C(C)(C)C)cc1. The third-order valence-electron chi connectivity index (χ3n) is 16.6. The molecule has 3 aliphatic heterocycles. The van der Waals surface area contributed by atoms with Crippen LogP contribution in [0.1, 0.15) is 145 Å². The van der Waals surface area contributed by atoms with Crippen LogP contribution in [0.25, 0.3) is 27.0 Å². The van der Waals surface area contributed by atoms with Gasteiger partial charge in [0, 0.05) is 25.4 Å². The molecule has 5 aliphatic rings. The van der Waals surface area contributed by atoms with Crippen molar-refractivity contribution in [1.82, 2.24) is 35.0 Å². The average Bonchev–Trinajstić information content (AvgIpc) is 4.04. The number of nitrogens with zero attached hydrogens (tertiary/aromatic N) is 5. The number of aromatic nitrogens is 3. The van der Waals surface area contributed by atoms with Crippen molar-refractivity contribution in [2.45, 2.75) is 147 Å². The van der Waals surface area contributed by atoms with Crippen LogP contribution in [0, 0.1) is 24.2 Å². The van der Waals surface area contributed by atoms with Crippen molar-refractivity contribution in [1.29, 1.82) is 0 Å². The van der Waals surface area contributed by atoms with E-state index in [1.165, 1.54) is 22.4 Å². The number of benzene rings is 3. The van der Waals surface area contributed by atoms with Crippen LogP contribution in [0.2, 0.25) is 5.02 Å². The minimum Gasteiger partial charge on any atom is -0.391 e.